The van der Waals surface area contributed by atoms with Crippen LogP contribution in [0.1, 0.15) is 12.2 Å². The van der Waals surface area contributed by atoms with Gasteiger partial charge in [0.1, 0.15) is 12.2 Å². The van der Waals surface area contributed by atoms with E-state index in [1.807, 2.05) is 0 Å². The zero-order chi connectivity index (χ0) is 11.3. The van der Waals surface area contributed by atoms with E-state index in [1.165, 1.54) is 17.7 Å². The number of nitrogens with zero attached hydrogens (tertiary/aromatic N) is 3. The summed E-state index contributed by atoms with van der Waals surface area (Å²) in [6, 6.07) is 0. The van der Waals surface area contributed by atoms with Gasteiger partial charge in [-0.3, -0.25) is 5.10 Å². The molecule has 0 fully saturated rings. The third-order valence-corrected chi connectivity index (χ3v) is 4.00. The van der Waals surface area contributed by atoms with Gasteiger partial charge in [0.05, 0.1) is 12.3 Å². The van der Waals surface area contributed by atoms with Gasteiger partial charge in [0.15, 0.2) is 0 Å². The number of nitrogens with one attached hydrogen (secondary N) is 1. The molecule has 15 heavy (non-hydrogen) atoms. The summed E-state index contributed by atoms with van der Waals surface area (Å²) >= 11 is 5.44. The van der Waals surface area contributed by atoms with Gasteiger partial charge in [-0.1, -0.05) is 0 Å². The fourth-order valence-corrected chi connectivity index (χ4v) is 2.44. The van der Waals surface area contributed by atoms with E-state index >= 15 is 0 Å². The van der Waals surface area contributed by atoms with Crippen LogP contribution in [0, 0.1) is 0 Å². The minimum atomic E-state index is -3.24. The highest BCUT2D eigenvalue weighted by atomic mass is 35.5. The van der Waals surface area contributed by atoms with Crippen molar-refractivity contribution in [2.75, 3.05) is 18.7 Å². The number of hydrogen-bond donors (Lipinski definition) is 1. The van der Waals surface area contributed by atoms with Crippen molar-refractivity contribution in [3.63, 3.8) is 0 Å². The van der Waals surface area contributed by atoms with Crippen molar-refractivity contribution in [1.29, 1.82) is 0 Å². The zero-order valence-electron chi connectivity index (χ0n) is 8.35. The third kappa shape index (κ3) is 3.77. The monoisotopic (exact) mass is 252 g/mol. The van der Waals surface area contributed by atoms with Gasteiger partial charge in [0.2, 0.25) is 10.0 Å². The highest BCUT2D eigenvalue weighted by molar-refractivity contribution is 7.89. The van der Waals surface area contributed by atoms with Crippen LogP contribution in [0.25, 0.3) is 0 Å². The summed E-state index contributed by atoms with van der Waals surface area (Å²) in [5.41, 5.74) is 0. The minimum absolute atomic E-state index is 0.0567. The average molecular weight is 253 g/mol. The molecule has 0 unspecified atom stereocenters. The molecule has 0 saturated heterocycles. The van der Waals surface area contributed by atoms with Crippen LogP contribution in [0.3, 0.4) is 0 Å². The fourth-order valence-electron chi connectivity index (χ4n) is 1.01. The number of aromatic nitrogens is 3. The second-order valence-corrected chi connectivity index (χ2v) is 5.62. The van der Waals surface area contributed by atoms with Crippen molar-refractivity contribution in [2.45, 2.75) is 13.0 Å². The molecule has 1 aromatic rings. The lowest BCUT2D eigenvalue weighted by Crippen LogP contribution is -2.29. The lowest BCUT2D eigenvalue weighted by molar-refractivity contribution is 0.456. The Morgan fingerprint density at radius 2 is 2.33 bits per heavy atom. The standard InChI is InChI=1S/C7H13ClN4O2S/c1-12(5-7-9-6-10-11-7)15(13,14)4-2-3-8/h6H,2-5H2,1H3,(H,9,10,11). The maximum atomic E-state index is 11.6. The molecule has 1 aromatic heterocycles. The van der Waals surface area contributed by atoms with Gasteiger partial charge < -0.3 is 0 Å². The summed E-state index contributed by atoms with van der Waals surface area (Å²) in [5, 5.41) is 6.24. The number of aromatic amines is 1. The van der Waals surface area contributed by atoms with Gasteiger partial charge in [0.25, 0.3) is 0 Å². The third-order valence-electron chi connectivity index (χ3n) is 1.85. The SMILES string of the molecule is CN(Cc1ncn[nH]1)S(=O)(=O)CCCCl. The normalized spacial score (nSPS) is 12.2. The van der Waals surface area contributed by atoms with Crippen molar-refractivity contribution in [2.24, 2.45) is 0 Å². The number of halogens is 1. The van der Waals surface area contributed by atoms with Crippen LogP contribution >= 0.6 is 11.6 Å². The molecule has 1 rings (SSSR count). The molecule has 0 bridgehead atoms. The predicted octanol–water partition coefficient (Wildman–Crippen LogP) is 0.195. The quantitative estimate of drug-likeness (QED) is 0.734. The molecule has 6 nitrogen and oxygen atoms in total. The highest BCUT2D eigenvalue weighted by Crippen LogP contribution is 2.04. The van der Waals surface area contributed by atoms with Crippen LogP contribution in [0.2, 0.25) is 0 Å². The Balaban J connectivity index is 2.56. The summed E-state index contributed by atoms with van der Waals surface area (Å²) in [6.45, 7) is 0.199. The molecular weight excluding hydrogens is 240 g/mol. The van der Waals surface area contributed by atoms with Crippen molar-refractivity contribution in [3.05, 3.63) is 12.2 Å². The van der Waals surface area contributed by atoms with Crippen LogP contribution < -0.4 is 0 Å². The molecule has 0 saturated carbocycles. The molecular formula is C7H13ClN4O2S. The number of rotatable bonds is 6. The summed E-state index contributed by atoms with van der Waals surface area (Å²) < 4.78 is 24.5. The molecule has 0 amide bonds. The Morgan fingerprint density at radius 1 is 1.60 bits per heavy atom. The molecule has 8 heteroatoms. The number of H-pyrrole nitrogens is 1. The first-order chi connectivity index (χ1) is 7.06. The summed E-state index contributed by atoms with van der Waals surface area (Å²) in [4.78, 5) is 3.85. The first-order valence-corrected chi connectivity index (χ1v) is 6.55. The summed E-state index contributed by atoms with van der Waals surface area (Å²) in [7, 11) is -1.73. The molecule has 1 N–H and O–H groups in total. The lowest BCUT2D eigenvalue weighted by Gasteiger charge is -2.14. The molecule has 0 atom stereocenters. The Hall–Kier alpha value is -0.660. The average Bonchev–Trinajstić information content (AvgIpc) is 2.67. The topological polar surface area (TPSA) is 79.0 Å². The van der Waals surface area contributed by atoms with Gasteiger partial charge in [-0.15, -0.1) is 11.6 Å². The maximum Gasteiger partial charge on any atom is 0.214 e. The lowest BCUT2D eigenvalue weighted by atomic mass is 10.6. The van der Waals surface area contributed by atoms with Crippen LogP contribution in [-0.2, 0) is 16.6 Å². The Labute approximate surface area is 93.7 Å². The van der Waals surface area contributed by atoms with Crippen molar-refractivity contribution >= 4 is 21.6 Å². The van der Waals surface area contributed by atoms with E-state index < -0.39 is 10.0 Å². The molecule has 0 aromatic carbocycles. The van der Waals surface area contributed by atoms with Gasteiger partial charge in [-0.05, 0) is 6.42 Å². The maximum absolute atomic E-state index is 11.6. The largest absolute Gasteiger partial charge is 0.262 e. The van der Waals surface area contributed by atoms with E-state index in [0.717, 1.165) is 0 Å². The van der Waals surface area contributed by atoms with Crippen molar-refractivity contribution < 1.29 is 8.42 Å². The van der Waals surface area contributed by atoms with Crippen molar-refractivity contribution in [1.82, 2.24) is 19.5 Å². The smallest absolute Gasteiger partial charge is 0.214 e. The molecule has 0 aliphatic carbocycles. The second-order valence-electron chi connectivity index (χ2n) is 3.05. The Bertz CT molecular complexity index is 378. The van der Waals surface area contributed by atoms with Crippen LogP contribution in [0.5, 0.6) is 0 Å². The van der Waals surface area contributed by atoms with Gasteiger partial charge in [-0.25, -0.2) is 13.4 Å². The highest BCUT2D eigenvalue weighted by Gasteiger charge is 2.18. The molecule has 0 aliphatic rings. The van der Waals surface area contributed by atoms with Crippen molar-refractivity contribution in [3.8, 4) is 0 Å². The van der Waals surface area contributed by atoms with E-state index in [4.69, 9.17) is 11.6 Å². The Morgan fingerprint density at radius 3 is 2.87 bits per heavy atom. The van der Waals surface area contributed by atoms with E-state index in [9.17, 15) is 8.42 Å². The van der Waals surface area contributed by atoms with Crippen LogP contribution in [-0.4, -0.2) is 46.6 Å². The summed E-state index contributed by atoms with van der Waals surface area (Å²) in [6.07, 6.45) is 1.79. The summed E-state index contributed by atoms with van der Waals surface area (Å²) in [5.74, 6) is 0.920. The van der Waals surface area contributed by atoms with E-state index in [0.29, 0.717) is 18.1 Å². The molecule has 86 valence electrons. The van der Waals surface area contributed by atoms with Crippen LogP contribution in [0.15, 0.2) is 6.33 Å². The molecule has 0 radical (unpaired) electrons. The minimum Gasteiger partial charge on any atom is -0.262 e. The second kappa shape index (κ2) is 5.43. The van der Waals surface area contributed by atoms with E-state index in [2.05, 4.69) is 15.2 Å². The zero-order valence-corrected chi connectivity index (χ0v) is 9.92. The number of hydrogen-bond acceptors (Lipinski definition) is 4. The predicted molar refractivity (Wildman–Crippen MR) is 57.0 cm³/mol. The first kappa shape index (κ1) is 12.4. The van der Waals surface area contributed by atoms with Crippen LogP contribution in [0.4, 0.5) is 0 Å². The van der Waals surface area contributed by atoms with Gasteiger partial charge in [-0.2, -0.15) is 9.40 Å². The number of sulfonamides is 1. The molecule has 1 heterocycles. The van der Waals surface area contributed by atoms with E-state index in [-0.39, 0.29) is 12.3 Å². The number of alkyl halides is 1. The Kier molecular flexibility index (Phi) is 4.49. The van der Waals surface area contributed by atoms with Gasteiger partial charge >= 0.3 is 0 Å². The first-order valence-electron chi connectivity index (χ1n) is 4.40. The fraction of sp³-hybridized carbons (Fsp3) is 0.714. The van der Waals surface area contributed by atoms with Gasteiger partial charge in [0, 0.05) is 12.9 Å². The molecule has 0 aliphatic heterocycles. The van der Waals surface area contributed by atoms with E-state index in [1.54, 1.807) is 0 Å². The molecule has 0 spiro atoms.